The van der Waals surface area contributed by atoms with Crippen LogP contribution in [0.1, 0.15) is 78.3 Å². The summed E-state index contributed by atoms with van der Waals surface area (Å²) in [6.45, 7) is 10.4. The number of imide groups is 1. The molecule has 5 aromatic rings. The van der Waals surface area contributed by atoms with Gasteiger partial charge in [-0.2, -0.15) is 5.10 Å². The van der Waals surface area contributed by atoms with E-state index in [1.807, 2.05) is 39.1 Å². The summed E-state index contributed by atoms with van der Waals surface area (Å²) in [7, 11) is 3.67. The average molecular weight is 856 g/mol. The van der Waals surface area contributed by atoms with E-state index in [1.54, 1.807) is 18.0 Å². The molecule has 3 saturated heterocycles. The highest BCUT2D eigenvalue weighted by Gasteiger charge is 2.36. The van der Waals surface area contributed by atoms with Gasteiger partial charge in [0.1, 0.15) is 0 Å². The smallest absolute Gasteiger partial charge is 0.258 e. The van der Waals surface area contributed by atoms with Crippen molar-refractivity contribution in [2.45, 2.75) is 83.3 Å². The number of imidazole rings is 1. The topological polar surface area (TPSA) is 165 Å². The molecule has 4 bridgehead atoms. The Bertz CT molecular complexity index is 2560. The summed E-state index contributed by atoms with van der Waals surface area (Å²) in [6, 6.07) is 14.9. The number of carbonyl (C=O) groups excluding carboxylic acids is 3. The van der Waals surface area contributed by atoms with Gasteiger partial charge in [-0.3, -0.25) is 39.9 Å². The molecule has 4 fully saturated rings. The zero-order chi connectivity index (χ0) is 43.4. The van der Waals surface area contributed by atoms with Crippen molar-refractivity contribution in [3.8, 4) is 17.1 Å². The van der Waals surface area contributed by atoms with Crippen LogP contribution in [0.25, 0.3) is 22.3 Å². The number of rotatable bonds is 6. The number of ether oxygens (including phenoxy) is 2. The third-order valence-corrected chi connectivity index (χ3v) is 14.1. The fourth-order valence-corrected chi connectivity index (χ4v) is 10.9. The van der Waals surface area contributed by atoms with E-state index in [0.29, 0.717) is 67.0 Å². The molecular weight excluding hydrogens is 799 g/mol. The van der Waals surface area contributed by atoms with Gasteiger partial charge in [-0.15, -0.1) is 0 Å². The van der Waals surface area contributed by atoms with Gasteiger partial charge in [0.05, 0.1) is 70.7 Å². The molecule has 2 N–H and O–H groups in total. The Morgan fingerprint density at radius 3 is 2.51 bits per heavy atom. The lowest BCUT2D eigenvalue weighted by molar-refractivity contribution is -0.134. The van der Waals surface area contributed by atoms with Gasteiger partial charge in [-0.05, 0) is 107 Å². The number of aryl methyl sites for hydroxylation is 3. The average Bonchev–Trinajstić information content (AvgIpc) is 3.98. The number of methoxy groups -OCH3 is 1. The Hall–Kier alpha value is -5.87. The molecule has 3 amide bonds. The summed E-state index contributed by atoms with van der Waals surface area (Å²) >= 11 is 0. The van der Waals surface area contributed by atoms with E-state index in [1.165, 1.54) is 0 Å². The number of amides is 3. The van der Waals surface area contributed by atoms with E-state index >= 15 is 0 Å². The number of anilines is 3. The van der Waals surface area contributed by atoms with Crippen molar-refractivity contribution in [1.29, 1.82) is 0 Å². The zero-order valence-corrected chi connectivity index (χ0v) is 36.7. The summed E-state index contributed by atoms with van der Waals surface area (Å²) in [4.78, 5) is 60.5. The fourth-order valence-electron chi connectivity index (χ4n) is 10.9. The first-order valence-corrected chi connectivity index (χ1v) is 22.6. The first kappa shape index (κ1) is 41.2. The maximum atomic E-state index is 14.1. The van der Waals surface area contributed by atoms with Crippen LogP contribution in [0.2, 0.25) is 0 Å². The van der Waals surface area contributed by atoms with E-state index in [9.17, 15) is 14.4 Å². The molecule has 1 aliphatic carbocycles. The number of nitrogens with zero attached hydrogens (tertiary/aromatic N) is 9. The monoisotopic (exact) mass is 855 g/mol. The molecule has 4 atom stereocenters. The normalized spacial score (nSPS) is 23.7. The molecule has 10 rings (SSSR count). The Morgan fingerprint density at radius 1 is 0.857 bits per heavy atom. The first-order valence-electron chi connectivity index (χ1n) is 22.6. The number of hydrogen-bond donors (Lipinski definition) is 2. The Morgan fingerprint density at radius 2 is 1.70 bits per heavy atom. The van der Waals surface area contributed by atoms with E-state index in [2.05, 4.69) is 59.3 Å². The second-order valence-electron chi connectivity index (χ2n) is 18.3. The fraction of sp³-hybridized carbons (Fsp3) is 0.511. The van der Waals surface area contributed by atoms with Crippen molar-refractivity contribution in [2.24, 2.45) is 18.9 Å². The molecule has 330 valence electrons. The van der Waals surface area contributed by atoms with Crippen LogP contribution in [0, 0.1) is 25.7 Å². The number of piperidine rings is 2. The van der Waals surface area contributed by atoms with E-state index < -0.39 is 0 Å². The number of carbonyl (C=O) groups is 3. The third kappa shape index (κ3) is 8.14. The SMILES string of the molecule is COC[C@H]1CN(c2ccc3nc4n(c3c2)C[C@@H]2CC[C@H](COc3c(cnn3C)-c3cc(cc(C)n3)C(=O)N4)C2)CCN1C1CCN(c2ccc(C3CCC(=O)NC3=O)nc2C)CC1. The van der Waals surface area contributed by atoms with Crippen LogP contribution in [-0.2, 0) is 27.9 Å². The van der Waals surface area contributed by atoms with E-state index in [0.717, 1.165) is 116 Å². The molecule has 1 unspecified atom stereocenters. The van der Waals surface area contributed by atoms with Crippen LogP contribution < -0.4 is 25.2 Å². The number of hydrogen-bond acceptors (Lipinski definition) is 12. The third-order valence-electron chi connectivity index (χ3n) is 14.1. The number of piperazine rings is 1. The zero-order valence-electron chi connectivity index (χ0n) is 36.7. The second-order valence-corrected chi connectivity index (χ2v) is 18.3. The van der Waals surface area contributed by atoms with Crippen molar-refractivity contribution < 1.29 is 23.9 Å². The van der Waals surface area contributed by atoms with Crippen molar-refractivity contribution in [3.05, 3.63) is 71.3 Å². The first-order chi connectivity index (χ1) is 30.6. The molecule has 16 nitrogen and oxygen atoms in total. The predicted octanol–water partition coefficient (Wildman–Crippen LogP) is 5.23. The molecule has 1 saturated carbocycles. The Labute approximate surface area is 367 Å². The molecule has 63 heavy (non-hydrogen) atoms. The van der Waals surface area contributed by atoms with Crippen LogP contribution >= 0.6 is 0 Å². The van der Waals surface area contributed by atoms with Gasteiger partial charge in [0, 0.05) is 82.8 Å². The number of fused-ring (bicyclic) bond motifs is 9. The van der Waals surface area contributed by atoms with E-state index in [4.69, 9.17) is 24.4 Å². The van der Waals surface area contributed by atoms with Crippen LogP contribution in [0.15, 0.2) is 48.7 Å². The largest absolute Gasteiger partial charge is 0.477 e. The summed E-state index contributed by atoms with van der Waals surface area (Å²) in [6.07, 6.45) is 7.85. The lowest BCUT2D eigenvalue weighted by Crippen LogP contribution is -2.60. The molecule has 4 aromatic heterocycles. The minimum Gasteiger partial charge on any atom is -0.477 e. The maximum Gasteiger partial charge on any atom is 0.258 e. The number of pyridine rings is 2. The standard InChI is InChI=1S/C47H57N11O5/c1-28-19-32-21-40(49-28)37-23-48-54(3)46(37)63-26-31-6-5-30(20-31)24-58-42-22-34(7-9-39(42)51-47(58)53-44(32)60)56-17-18-57(35(25-56)27-62-4)33-13-15-55(16-14-33)41-11-10-38(50-29(41)2)36-8-12-43(59)52-45(36)61/h7,9-11,19,21-23,30-31,33,35-36H,5-6,8,12-18,20,24-27H2,1-4H3,(H,51,53,60)(H,52,59,61)/t30-,31+,35-,36?/m1/s1. The van der Waals surface area contributed by atoms with Crippen LogP contribution in [0.5, 0.6) is 5.88 Å². The molecule has 0 radical (unpaired) electrons. The second kappa shape index (κ2) is 17.0. The molecule has 4 aliphatic heterocycles. The van der Waals surface area contributed by atoms with Gasteiger partial charge >= 0.3 is 0 Å². The quantitative estimate of drug-likeness (QED) is 0.214. The van der Waals surface area contributed by atoms with Gasteiger partial charge in [0.25, 0.3) is 5.91 Å². The van der Waals surface area contributed by atoms with Crippen LogP contribution in [0.4, 0.5) is 17.3 Å². The Balaban J connectivity index is 0.856. The molecule has 0 spiro atoms. The highest BCUT2D eigenvalue weighted by Crippen LogP contribution is 2.38. The van der Waals surface area contributed by atoms with Crippen LogP contribution in [-0.4, -0.2) is 117 Å². The summed E-state index contributed by atoms with van der Waals surface area (Å²) in [5.41, 5.74) is 8.44. The van der Waals surface area contributed by atoms with Crippen molar-refractivity contribution in [2.75, 3.05) is 68.2 Å². The maximum absolute atomic E-state index is 14.1. The molecular formula is C47H57N11O5. The minimum atomic E-state index is -0.384. The molecule has 5 aliphatic rings. The van der Waals surface area contributed by atoms with Gasteiger partial charge in [0.2, 0.25) is 23.6 Å². The summed E-state index contributed by atoms with van der Waals surface area (Å²) in [5.74, 6) is 0.968. The van der Waals surface area contributed by atoms with Crippen molar-refractivity contribution in [1.82, 2.24) is 39.5 Å². The lowest BCUT2D eigenvalue weighted by Gasteiger charge is -2.48. The molecule has 8 heterocycles. The highest BCUT2D eigenvalue weighted by molar-refractivity contribution is 6.05. The summed E-state index contributed by atoms with van der Waals surface area (Å²) < 4.78 is 16.3. The minimum absolute atomic E-state index is 0.212. The highest BCUT2D eigenvalue weighted by atomic mass is 16.5. The van der Waals surface area contributed by atoms with E-state index in [-0.39, 0.29) is 29.7 Å². The van der Waals surface area contributed by atoms with Gasteiger partial charge in [0.15, 0.2) is 0 Å². The van der Waals surface area contributed by atoms with Crippen molar-refractivity contribution >= 4 is 46.1 Å². The predicted molar refractivity (Wildman–Crippen MR) is 239 cm³/mol. The van der Waals surface area contributed by atoms with Crippen molar-refractivity contribution in [3.63, 3.8) is 0 Å². The number of benzene rings is 1. The number of aromatic nitrogens is 6. The summed E-state index contributed by atoms with van der Waals surface area (Å²) in [5, 5.41) is 10.1. The Kier molecular flexibility index (Phi) is 11.1. The molecule has 1 aromatic carbocycles. The lowest BCUT2D eigenvalue weighted by atomic mass is 9.94. The van der Waals surface area contributed by atoms with Crippen LogP contribution in [0.3, 0.4) is 0 Å². The van der Waals surface area contributed by atoms with Gasteiger partial charge in [-0.25, -0.2) is 9.67 Å². The van der Waals surface area contributed by atoms with Gasteiger partial charge < -0.3 is 23.8 Å². The molecule has 16 heteroatoms. The number of nitrogens with one attached hydrogen (secondary N) is 2. The van der Waals surface area contributed by atoms with Gasteiger partial charge in [-0.1, -0.05) is 0 Å².